The van der Waals surface area contributed by atoms with Crippen molar-refractivity contribution in [2.75, 3.05) is 19.7 Å². The highest BCUT2D eigenvalue weighted by Crippen LogP contribution is 2.28. The first-order valence-electron chi connectivity index (χ1n) is 8.64. The maximum Gasteiger partial charge on any atom is 0.234 e. The Kier molecular flexibility index (Phi) is 6.01. The van der Waals surface area contributed by atoms with Gasteiger partial charge in [-0.15, -0.1) is 0 Å². The van der Waals surface area contributed by atoms with E-state index in [0.29, 0.717) is 32.3 Å². The molecule has 0 heterocycles. The van der Waals surface area contributed by atoms with Gasteiger partial charge in [0.25, 0.3) is 0 Å². The Labute approximate surface area is 147 Å². The Bertz CT molecular complexity index is 672. The van der Waals surface area contributed by atoms with Crippen LogP contribution in [0.3, 0.4) is 0 Å². The molecule has 2 aromatic carbocycles. The number of amides is 1. The maximum absolute atomic E-state index is 13.0. The van der Waals surface area contributed by atoms with E-state index in [2.05, 4.69) is 10.2 Å². The molecule has 2 aromatic rings. The van der Waals surface area contributed by atoms with Crippen molar-refractivity contribution in [3.8, 4) is 5.75 Å². The summed E-state index contributed by atoms with van der Waals surface area (Å²) in [6.45, 7) is 1.94. The number of hydrogen-bond acceptors (Lipinski definition) is 3. The van der Waals surface area contributed by atoms with E-state index in [4.69, 9.17) is 4.74 Å². The maximum atomic E-state index is 13.0. The van der Waals surface area contributed by atoms with E-state index in [0.717, 1.165) is 24.2 Å². The Balaban J connectivity index is 1.41. The summed E-state index contributed by atoms with van der Waals surface area (Å²) in [5, 5.41) is 2.90. The van der Waals surface area contributed by atoms with Crippen molar-refractivity contribution in [2.45, 2.75) is 25.4 Å². The third-order valence-corrected chi connectivity index (χ3v) is 4.15. The quantitative estimate of drug-likeness (QED) is 0.713. The minimum Gasteiger partial charge on any atom is -0.492 e. The molecule has 3 rings (SSSR count). The number of carbonyl (C=O) groups excluding carboxylic acids is 1. The summed E-state index contributed by atoms with van der Waals surface area (Å²) in [7, 11) is 0. The lowest BCUT2D eigenvalue weighted by Gasteiger charge is -2.21. The summed E-state index contributed by atoms with van der Waals surface area (Å²) in [5.74, 6) is 0.552. The van der Waals surface area contributed by atoms with E-state index in [9.17, 15) is 9.18 Å². The van der Waals surface area contributed by atoms with Crippen LogP contribution in [0, 0.1) is 5.82 Å². The lowest BCUT2D eigenvalue weighted by molar-refractivity contribution is -0.122. The number of hydrogen-bond donors (Lipinski definition) is 1. The zero-order chi connectivity index (χ0) is 17.5. The average molecular weight is 342 g/mol. The molecule has 0 radical (unpaired) electrons. The summed E-state index contributed by atoms with van der Waals surface area (Å²) in [5.41, 5.74) is 1.02. The van der Waals surface area contributed by atoms with Crippen LogP contribution in [0.25, 0.3) is 0 Å². The van der Waals surface area contributed by atoms with Crippen LogP contribution < -0.4 is 10.1 Å². The van der Waals surface area contributed by atoms with E-state index >= 15 is 0 Å². The van der Waals surface area contributed by atoms with Crippen molar-refractivity contribution in [3.05, 3.63) is 66.0 Å². The van der Waals surface area contributed by atoms with Crippen LogP contribution in [-0.4, -0.2) is 36.5 Å². The fourth-order valence-electron chi connectivity index (χ4n) is 2.69. The topological polar surface area (TPSA) is 41.6 Å². The van der Waals surface area contributed by atoms with Crippen molar-refractivity contribution in [1.82, 2.24) is 10.2 Å². The molecule has 0 saturated heterocycles. The smallest absolute Gasteiger partial charge is 0.234 e. The number of rotatable bonds is 9. The first-order valence-corrected chi connectivity index (χ1v) is 8.64. The molecule has 0 bridgehead atoms. The molecule has 5 heteroatoms. The Morgan fingerprint density at radius 1 is 1.12 bits per heavy atom. The molecular weight excluding hydrogens is 319 g/mol. The van der Waals surface area contributed by atoms with E-state index in [1.165, 1.54) is 12.1 Å². The molecule has 0 unspecified atom stereocenters. The monoisotopic (exact) mass is 342 g/mol. The molecule has 1 aliphatic carbocycles. The number of benzene rings is 2. The molecule has 1 aliphatic rings. The molecule has 0 atom stereocenters. The second-order valence-corrected chi connectivity index (χ2v) is 6.27. The Hall–Kier alpha value is -2.40. The number of nitrogens with one attached hydrogen (secondary N) is 1. The van der Waals surface area contributed by atoms with Gasteiger partial charge in [0, 0.05) is 12.6 Å². The lowest BCUT2D eigenvalue weighted by atomic mass is 10.2. The first-order chi connectivity index (χ1) is 12.2. The fourth-order valence-corrected chi connectivity index (χ4v) is 2.69. The van der Waals surface area contributed by atoms with E-state index in [-0.39, 0.29) is 11.7 Å². The normalized spacial score (nSPS) is 13.7. The predicted molar refractivity (Wildman–Crippen MR) is 94.8 cm³/mol. The highest BCUT2D eigenvalue weighted by Gasteiger charge is 2.30. The number of para-hydroxylation sites is 1. The predicted octanol–water partition coefficient (Wildman–Crippen LogP) is 2.99. The van der Waals surface area contributed by atoms with Gasteiger partial charge in [-0.3, -0.25) is 9.69 Å². The molecule has 1 N–H and O–H groups in total. The van der Waals surface area contributed by atoms with Gasteiger partial charge in [0.15, 0.2) is 0 Å². The molecule has 0 spiro atoms. The van der Waals surface area contributed by atoms with Crippen molar-refractivity contribution in [3.63, 3.8) is 0 Å². The summed E-state index contributed by atoms with van der Waals surface area (Å²) in [6.07, 6.45) is 2.23. The number of nitrogens with zero attached hydrogens (tertiary/aromatic N) is 1. The van der Waals surface area contributed by atoms with E-state index < -0.39 is 0 Å². The van der Waals surface area contributed by atoms with Crippen LogP contribution >= 0.6 is 0 Å². The zero-order valence-corrected chi connectivity index (χ0v) is 14.2. The molecule has 1 saturated carbocycles. The molecule has 0 aromatic heterocycles. The van der Waals surface area contributed by atoms with Gasteiger partial charge in [-0.2, -0.15) is 0 Å². The first kappa shape index (κ1) is 17.4. The van der Waals surface area contributed by atoms with Crippen LogP contribution in [0.4, 0.5) is 4.39 Å². The standard InChI is InChI=1S/C20H23FN2O2/c21-17-8-6-16(7-9-17)14-23(18-10-11-18)15-20(24)22-12-13-25-19-4-2-1-3-5-19/h1-9,18H,10-15H2,(H,22,24). The van der Waals surface area contributed by atoms with E-state index in [1.54, 1.807) is 12.1 Å². The largest absolute Gasteiger partial charge is 0.492 e. The van der Waals surface area contributed by atoms with Crippen molar-refractivity contribution < 1.29 is 13.9 Å². The molecule has 1 fully saturated rings. The minimum atomic E-state index is -0.238. The van der Waals surface area contributed by atoms with Crippen LogP contribution in [0.2, 0.25) is 0 Å². The minimum absolute atomic E-state index is 0.00864. The zero-order valence-electron chi connectivity index (χ0n) is 14.2. The average Bonchev–Trinajstić information content (AvgIpc) is 3.46. The van der Waals surface area contributed by atoms with Gasteiger partial charge in [-0.25, -0.2) is 4.39 Å². The third kappa shape index (κ3) is 5.87. The van der Waals surface area contributed by atoms with Gasteiger partial charge in [0.05, 0.1) is 13.1 Å². The number of halogens is 1. The lowest BCUT2D eigenvalue weighted by Crippen LogP contribution is -2.39. The summed E-state index contributed by atoms with van der Waals surface area (Å²) >= 11 is 0. The van der Waals surface area contributed by atoms with Gasteiger partial charge in [0.1, 0.15) is 18.2 Å². The summed E-state index contributed by atoms with van der Waals surface area (Å²) < 4.78 is 18.6. The second-order valence-electron chi connectivity index (χ2n) is 6.27. The fraction of sp³-hybridized carbons (Fsp3) is 0.350. The third-order valence-electron chi connectivity index (χ3n) is 4.15. The van der Waals surface area contributed by atoms with Crippen LogP contribution in [0.1, 0.15) is 18.4 Å². The van der Waals surface area contributed by atoms with Gasteiger partial charge in [-0.1, -0.05) is 30.3 Å². The highest BCUT2D eigenvalue weighted by molar-refractivity contribution is 5.78. The molecule has 25 heavy (non-hydrogen) atoms. The highest BCUT2D eigenvalue weighted by atomic mass is 19.1. The summed E-state index contributed by atoms with van der Waals surface area (Å²) in [4.78, 5) is 14.3. The van der Waals surface area contributed by atoms with Crippen LogP contribution in [0.15, 0.2) is 54.6 Å². The Morgan fingerprint density at radius 2 is 1.84 bits per heavy atom. The SMILES string of the molecule is O=C(CN(Cc1ccc(F)cc1)C1CC1)NCCOc1ccccc1. The molecule has 1 amide bonds. The number of ether oxygens (including phenoxy) is 1. The van der Waals surface area contributed by atoms with Gasteiger partial charge in [0.2, 0.25) is 5.91 Å². The van der Waals surface area contributed by atoms with Crippen molar-refractivity contribution in [1.29, 1.82) is 0 Å². The van der Waals surface area contributed by atoms with Crippen LogP contribution in [-0.2, 0) is 11.3 Å². The van der Waals surface area contributed by atoms with Gasteiger partial charge in [-0.05, 0) is 42.7 Å². The van der Waals surface area contributed by atoms with E-state index in [1.807, 2.05) is 30.3 Å². The summed E-state index contributed by atoms with van der Waals surface area (Å²) in [6, 6.07) is 16.5. The van der Waals surface area contributed by atoms with Gasteiger partial charge < -0.3 is 10.1 Å². The van der Waals surface area contributed by atoms with Crippen molar-refractivity contribution >= 4 is 5.91 Å². The number of carbonyl (C=O) groups is 1. The Morgan fingerprint density at radius 3 is 2.52 bits per heavy atom. The van der Waals surface area contributed by atoms with Gasteiger partial charge >= 0.3 is 0 Å². The van der Waals surface area contributed by atoms with Crippen LogP contribution in [0.5, 0.6) is 5.75 Å². The molecular formula is C20H23FN2O2. The van der Waals surface area contributed by atoms with Crippen molar-refractivity contribution in [2.24, 2.45) is 0 Å². The molecule has 4 nitrogen and oxygen atoms in total. The second kappa shape index (κ2) is 8.62. The molecule has 132 valence electrons. The molecule has 0 aliphatic heterocycles.